The van der Waals surface area contributed by atoms with E-state index >= 15 is 0 Å². The van der Waals surface area contributed by atoms with E-state index in [0.29, 0.717) is 17.9 Å². The highest BCUT2D eigenvalue weighted by Crippen LogP contribution is 2.13. The van der Waals surface area contributed by atoms with E-state index in [1.807, 2.05) is 36.5 Å². The lowest BCUT2D eigenvalue weighted by atomic mass is 10.1. The monoisotopic (exact) mass is 363 g/mol. The van der Waals surface area contributed by atoms with Crippen LogP contribution in [-0.2, 0) is 11.2 Å². The number of aromatic nitrogens is 2. The Labute approximate surface area is 157 Å². The van der Waals surface area contributed by atoms with Crippen molar-refractivity contribution in [2.75, 3.05) is 13.2 Å². The molecule has 0 spiro atoms. The summed E-state index contributed by atoms with van der Waals surface area (Å²) in [4.78, 5) is 23.3. The summed E-state index contributed by atoms with van der Waals surface area (Å²) in [6.45, 7) is 1.93. The average molecular weight is 363 g/mol. The summed E-state index contributed by atoms with van der Waals surface area (Å²) >= 11 is 0. The van der Waals surface area contributed by atoms with Gasteiger partial charge in [-0.2, -0.15) is 5.10 Å². The van der Waals surface area contributed by atoms with Crippen molar-refractivity contribution in [3.63, 3.8) is 0 Å². The number of ether oxygens (including phenoxy) is 1. The van der Waals surface area contributed by atoms with E-state index in [4.69, 9.17) is 4.74 Å². The predicted octanol–water partition coefficient (Wildman–Crippen LogP) is 2.81. The fraction of sp³-hybridized carbons (Fsp3) is 0.190. The average Bonchev–Trinajstić information content (AvgIpc) is 3.22. The lowest BCUT2D eigenvalue weighted by molar-refractivity contribution is -0.123. The van der Waals surface area contributed by atoms with Gasteiger partial charge in [-0.15, -0.1) is 0 Å². The quantitative estimate of drug-likeness (QED) is 0.625. The molecule has 0 atom stereocenters. The Balaban J connectivity index is 1.42. The first-order valence-electron chi connectivity index (χ1n) is 8.71. The molecule has 6 nitrogen and oxygen atoms in total. The Bertz CT molecular complexity index is 903. The number of benzene rings is 2. The molecule has 0 saturated carbocycles. The van der Waals surface area contributed by atoms with Gasteiger partial charge in [0.1, 0.15) is 5.75 Å². The molecular formula is C21H21N3O3. The van der Waals surface area contributed by atoms with Crippen LogP contribution in [0.25, 0.3) is 5.69 Å². The molecule has 0 radical (unpaired) electrons. The highest BCUT2D eigenvalue weighted by molar-refractivity contribution is 5.94. The Hall–Kier alpha value is -3.41. The van der Waals surface area contributed by atoms with Gasteiger partial charge in [-0.05, 0) is 49.2 Å². The number of nitrogens with zero attached hydrogens (tertiary/aromatic N) is 2. The zero-order chi connectivity index (χ0) is 19.1. The van der Waals surface area contributed by atoms with Gasteiger partial charge in [0.2, 0.25) is 0 Å². The summed E-state index contributed by atoms with van der Waals surface area (Å²) in [5.74, 6) is 0.270. The number of carbonyl (C=O) groups is 2. The zero-order valence-corrected chi connectivity index (χ0v) is 15.1. The molecule has 138 valence electrons. The number of hydrogen-bond donors (Lipinski definition) is 1. The number of Topliss-reactive ketones (excluding diaryl/α,β-unsaturated/α-hetero) is 1. The van der Waals surface area contributed by atoms with E-state index in [-0.39, 0.29) is 18.3 Å². The van der Waals surface area contributed by atoms with Crippen molar-refractivity contribution >= 4 is 11.7 Å². The highest BCUT2D eigenvalue weighted by atomic mass is 16.5. The summed E-state index contributed by atoms with van der Waals surface area (Å²) in [7, 11) is 0. The van der Waals surface area contributed by atoms with Crippen LogP contribution in [0.2, 0.25) is 0 Å². The fourth-order valence-electron chi connectivity index (χ4n) is 2.59. The summed E-state index contributed by atoms with van der Waals surface area (Å²) in [6.07, 6.45) is 4.36. The Morgan fingerprint density at radius 2 is 1.93 bits per heavy atom. The fourth-order valence-corrected chi connectivity index (χ4v) is 2.59. The van der Waals surface area contributed by atoms with Crippen molar-refractivity contribution in [1.82, 2.24) is 15.1 Å². The minimum absolute atomic E-state index is 0.0384. The number of carbonyl (C=O) groups excluding carboxylic acids is 2. The molecule has 1 amide bonds. The maximum atomic E-state index is 11.9. The van der Waals surface area contributed by atoms with Gasteiger partial charge < -0.3 is 10.1 Å². The van der Waals surface area contributed by atoms with Gasteiger partial charge in [-0.1, -0.05) is 24.3 Å². The third kappa shape index (κ3) is 5.28. The van der Waals surface area contributed by atoms with Crippen molar-refractivity contribution in [3.8, 4) is 11.4 Å². The van der Waals surface area contributed by atoms with Gasteiger partial charge in [-0.25, -0.2) is 4.68 Å². The van der Waals surface area contributed by atoms with Crippen LogP contribution >= 0.6 is 0 Å². The Morgan fingerprint density at radius 3 is 2.63 bits per heavy atom. The molecule has 1 N–H and O–H groups in total. The Kier molecular flexibility index (Phi) is 5.99. The number of nitrogens with one attached hydrogen (secondary N) is 1. The van der Waals surface area contributed by atoms with Gasteiger partial charge in [0.15, 0.2) is 12.4 Å². The lowest BCUT2D eigenvalue weighted by Gasteiger charge is -2.09. The molecule has 0 aliphatic rings. The molecule has 2 aromatic carbocycles. The van der Waals surface area contributed by atoms with Crippen LogP contribution in [0.1, 0.15) is 22.8 Å². The lowest BCUT2D eigenvalue weighted by Crippen LogP contribution is -2.30. The SMILES string of the molecule is CC(=O)c1cccc(OCC(=O)NCCc2ccc(-n3cccn3)cc2)c1. The van der Waals surface area contributed by atoms with Crippen LogP contribution in [0, 0.1) is 0 Å². The first kappa shape index (κ1) is 18.4. The Morgan fingerprint density at radius 1 is 1.11 bits per heavy atom. The summed E-state index contributed by atoms with van der Waals surface area (Å²) in [5, 5.41) is 7.02. The van der Waals surface area contributed by atoms with Crippen LogP contribution in [0.3, 0.4) is 0 Å². The van der Waals surface area contributed by atoms with Crippen LogP contribution in [0.15, 0.2) is 67.0 Å². The molecule has 27 heavy (non-hydrogen) atoms. The predicted molar refractivity (Wildman–Crippen MR) is 102 cm³/mol. The minimum Gasteiger partial charge on any atom is -0.484 e. The second kappa shape index (κ2) is 8.80. The molecule has 1 heterocycles. The maximum Gasteiger partial charge on any atom is 0.257 e. The summed E-state index contributed by atoms with van der Waals surface area (Å²) < 4.78 is 7.24. The maximum absolute atomic E-state index is 11.9. The molecule has 3 rings (SSSR count). The number of hydrogen-bond acceptors (Lipinski definition) is 4. The molecule has 1 aromatic heterocycles. The smallest absolute Gasteiger partial charge is 0.257 e. The molecular weight excluding hydrogens is 342 g/mol. The van der Waals surface area contributed by atoms with Gasteiger partial charge in [0.05, 0.1) is 5.69 Å². The van der Waals surface area contributed by atoms with Crippen molar-refractivity contribution in [3.05, 3.63) is 78.1 Å². The number of amides is 1. The normalized spacial score (nSPS) is 10.4. The molecule has 0 aliphatic heterocycles. The van der Waals surface area contributed by atoms with E-state index in [1.165, 1.54) is 6.92 Å². The van der Waals surface area contributed by atoms with E-state index in [2.05, 4.69) is 10.4 Å². The summed E-state index contributed by atoms with van der Waals surface area (Å²) in [6, 6.07) is 16.7. The first-order valence-corrected chi connectivity index (χ1v) is 8.71. The van der Waals surface area contributed by atoms with Crippen molar-refractivity contribution < 1.29 is 14.3 Å². The standard InChI is InChI=1S/C21H21N3O3/c1-16(25)18-4-2-5-20(14-18)27-15-21(26)22-12-10-17-6-8-19(9-7-17)24-13-3-11-23-24/h2-9,11,13-14H,10,12,15H2,1H3,(H,22,26). The summed E-state index contributed by atoms with van der Waals surface area (Å²) in [5.41, 5.74) is 2.68. The van der Waals surface area contributed by atoms with E-state index < -0.39 is 0 Å². The van der Waals surface area contributed by atoms with Gasteiger partial charge in [0.25, 0.3) is 5.91 Å². The number of rotatable bonds is 8. The van der Waals surface area contributed by atoms with Gasteiger partial charge >= 0.3 is 0 Å². The van der Waals surface area contributed by atoms with Crippen LogP contribution < -0.4 is 10.1 Å². The van der Waals surface area contributed by atoms with E-state index in [9.17, 15) is 9.59 Å². The molecule has 0 fully saturated rings. The molecule has 6 heteroatoms. The first-order chi connectivity index (χ1) is 13.1. The van der Waals surface area contributed by atoms with Crippen LogP contribution in [-0.4, -0.2) is 34.6 Å². The van der Waals surface area contributed by atoms with Gasteiger partial charge in [-0.3, -0.25) is 9.59 Å². The van der Waals surface area contributed by atoms with Crippen LogP contribution in [0.4, 0.5) is 0 Å². The topological polar surface area (TPSA) is 73.2 Å². The molecule has 0 bridgehead atoms. The number of ketones is 1. The molecule has 3 aromatic rings. The minimum atomic E-state index is -0.198. The highest BCUT2D eigenvalue weighted by Gasteiger charge is 2.05. The van der Waals surface area contributed by atoms with Crippen molar-refractivity contribution in [1.29, 1.82) is 0 Å². The third-order valence-electron chi connectivity index (χ3n) is 4.05. The second-order valence-corrected chi connectivity index (χ2v) is 6.09. The van der Waals surface area contributed by atoms with Crippen LogP contribution in [0.5, 0.6) is 5.75 Å². The van der Waals surface area contributed by atoms with Crippen molar-refractivity contribution in [2.24, 2.45) is 0 Å². The second-order valence-electron chi connectivity index (χ2n) is 6.09. The largest absolute Gasteiger partial charge is 0.484 e. The van der Waals surface area contributed by atoms with E-state index in [0.717, 1.165) is 17.7 Å². The third-order valence-corrected chi connectivity index (χ3v) is 4.05. The molecule has 0 unspecified atom stereocenters. The van der Waals surface area contributed by atoms with Crippen molar-refractivity contribution in [2.45, 2.75) is 13.3 Å². The zero-order valence-electron chi connectivity index (χ0n) is 15.1. The van der Waals surface area contributed by atoms with Gasteiger partial charge in [0, 0.05) is 24.5 Å². The molecule has 0 aliphatic carbocycles. The molecule has 0 saturated heterocycles. The van der Waals surface area contributed by atoms with E-state index in [1.54, 1.807) is 35.1 Å².